The quantitative estimate of drug-likeness (QED) is 0.768. The molecule has 1 aromatic carbocycles. The molecule has 0 N–H and O–H groups in total. The fraction of sp³-hybridized carbons (Fsp3) is 0.333. The first-order valence-electron chi connectivity index (χ1n) is 4.03. The molecule has 0 unspecified atom stereocenters. The second-order valence-corrected chi connectivity index (χ2v) is 4.07. The molecule has 0 spiro atoms. The second kappa shape index (κ2) is 3.62. The number of hydroxylamine groups is 2. The maximum Gasteiger partial charge on any atom is 0.147 e. The van der Waals surface area contributed by atoms with Crippen LogP contribution in [0.25, 0.3) is 0 Å². The van der Waals surface area contributed by atoms with Crippen molar-refractivity contribution in [1.29, 1.82) is 0 Å². The van der Waals surface area contributed by atoms with Gasteiger partial charge in [0.25, 0.3) is 0 Å². The molecule has 1 aromatic rings. The standard InChI is InChI=1S/C9H10INO/c10-8-2-4-9(5-3-8)12-11-6-1-7-11/h2-5H,1,6-7H2. The van der Waals surface area contributed by atoms with E-state index in [1.54, 1.807) is 0 Å². The molecular formula is C9H10INO. The highest BCUT2D eigenvalue weighted by molar-refractivity contribution is 14.1. The first-order valence-corrected chi connectivity index (χ1v) is 5.11. The van der Waals surface area contributed by atoms with Crippen molar-refractivity contribution in [1.82, 2.24) is 5.06 Å². The van der Waals surface area contributed by atoms with Gasteiger partial charge in [-0.15, -0.1) is 5.06 Å². The van der Waals surface area contributed by atoms with Crippen LogP contribution in [0.3, 0.4) is 0 Å². The molecule has 1 aliphatic rings. The van der Waals surface area contributed by atoms with Gasteiger partial charge in [0.15, 0.2) is 0 Å². The summed E-state index contributed by atoms with van der Waals surface area (Å²) in [6.45, 7) is 2.12. The lowest BCUT2D eigenvalue weighted by atomic mass is 10.3. The van der Waals surface area contributed by atoms with Crippen LogP contribution in [0, 0.1) is 3.57 Å². The van der Waals surface area contributed by atoms with E-state index in [2.05, 4.69) is 34.7 Å². The summed E-state index contributed by atoms with van der Waals surface area (Å²) in [6.07, 6.45) is 1.25. The topological polar surface area (TPSA) is 12.5 Å². The number of nitrogens with zero attached hydrogens (tertiary/aromatic N) is 1. The molecule has 0 saturated carbocycles. The Hall–Kier alpha value is -0.290. The third-order valence-electron chi connectivity index (χ3n) is 1.86. The van der Waals surface area contributed by atoms with E-state index in [-0.39, 0.29) is 0 Å². The normalized spacial score (nSPS) is 17.1. The zero-order valence-electron chi connectivity index (χ0n) is 6.66. The first-order chi connectivity index (χ1) is 5.84. The highest BCUT2D eigenvalue weighted by atomic mass is 127. The van der Waals surface area contributed by atoms with Crippen LogP contribution in [0.2, 0.25) is 0 Å². The average Bonchev–Trinajstić information content (AvgIpc) is 2.00. The number of benzene rings is 1. The van der Waals surface area contributed by atoms with E-state index in [4.69, 9.17) is 4.84 Å². The summed E-state index contributed by atoms with van der Waals surface area (Å²) >= 11 is 2.28. The van der Waals surface area contributed by atoms with Gasteiger partial charge in [-0.1, -0.05) is 0 Å². The summed E-state index contributed by atoms with van der Waals surface area (Å²) in [7, 11) is 0. The first kappa shape index (κ1) is 8.31. The van der Waals surface area contributed by atoms with Crippen molar-refractivity contribution in [2.45, 2.75) is 6.42 Å². The van der Waals surface area contributed by atoms with Crippen LogP contribution in [0.4, 0.5) is 0 Å². The molecule has 1 fully saturated rings. The minimum Gasteiger partial charge on any atom is -0.406 e. The van der Waals surface area contributed by atoms with Crippen LogP contribution in [0.5, 0.6) is 5.75 Å². The molecule has 64 valence electrons. The van der Waals surface area contributed by atoms with Crippen molar-refractivity contribution in [2.24, 2.45) is 0 Å². The molecule has 1 heterocycles. The Labute approximate surface area is 85.6 Å². The van der Waals surface area contributed by atoms with Gasteiger partial charge in [-0.25, -0.2) is 0 Å². The molecule has 3 heteroatoms. The van der Waals surface area contributed by atoms with Gasteiger partial charge in [0, 0.05) is 16.7 Å². The van der Waals surface area contributed by atoms with Gasteiger partial charge in [0.2, 0.25) is 0 Å². The van der Waals surface area contributed by atoms with Gasteiger partial charge < -0.3 is 4.84 Å². The van der Waals surface area contributed by atoms with Gasteiger partial charge in [-0.05, 0) is 53.3 Å². The molecule has 1 saturated heterocycles. The SMILES string of the molecule is Ic1ccc(ON2CCC2)cc1. The molecule has 0 amide bonds. The number of halogens is 1. The zero-order chi connectivity index (χ0) is 8.39. The second-order valence-electron chi connectivity index (χ2n) is 2.83. The van der Waals surface area contributed by atoms with Crippen molar-refractivity contribution in [3.8, 4) is 5.75 Å². The Balaban J connectivity index is 1.98. The summed E-state index contributed by atoms with van der Waals surface area (Å²) in [5, 5.41) is 1.97. The molecule has 2 rings (SSSR count). The van der Waals surface area contributed by atoms with Gasteiger partial charge in [-0.3, -0.25) is 0 Å². The number of hydrogen-bond donors (Lipinski definition) is 0. The van der Waals surface area contributed by atoms with E-state index >= 15 is 0 Å². The highest BCUT2D eigenvalue weighted by Gasteiger charge is 2.14. The summed E-state index contributed by atoms with van der Waals surface area (Å²) < 4.78 is 1.24. The van der Waals surface area contributed by atoms with Crippen molar-refractivity contribution < 1.29 is 4.84 Å². The predicted molar refractivity (Wildman–Crippen MR) is 56.0 cm³/mol. The number of rotatable bonds is 2. The van der Waals surface area contributed by atoms with Crippen LogP contribution in [-0.4, -0.2) is 18.2 Å². The third kappa shape index (κ3) is 1.90. The summed E-state index contributed by atoms with van der Waals surface area (Å²) in [6, 6.07) is 8.10. The van der Waals surface area contributed by atoms with Crippen LogP contribution in [-0.2, 0) is 0 Å². The Kier molecular flexibility index (Phi) is 2.51. The molecule has 0 bridgehead atoms. The molecule has 0 aromatic heterocycles. The van der Waals surface area contributed by atoms with Gasteiger partial charge >= 0.3 is 0 Å². The minimum absolute atomic E-state index is 0.940. The van der Waals surface area contributed by atoms with E-state index in [9.17, 15) is 0 Å². The highest BCUT2D eigenvalue weighted by Crippen LogP contribution is 2.17. The van der Waals surface area contributed by atoms with E-state index in [1.807, 2.05) is 17.2 Å². The van der Waals surface area contributed by atoms with Crippen LogP contribution < -0.4 is 4.84 Å². The van der Waals surface area contributed by atoms with Crippen LogP contribution in [0.1, 0.15) is 6.42 Å². The van der Waals surface area contributed by atoms with Crippen LogP contribution >= 0.6 is 22.6 Å². The van der Waals surface area contributed by atoms with Crippen molar-refractivity contribution >= 4 is 22.6 Å². The largest absolute Gasteiger partial charge is 0.406 e. The Morgan fingerprint density at radius 3 is 2.33 bits per heavy atom. The zero-order valence-corrected chi connectivity index (χ0v) is 8.82. The maximum absolute atomic E-state index is 5.54. The Morgan fingerprint density at radius 1 is 1.17 bits per heavy atom. The fourth-order valence-electron chi connectivity index (χ4n) is 1.02. The van der Waals surface area contributed by atoms with Crippen LogP contribution in [0.15, 0.2) is 24.3 Å². The van der Waals surface area contributed by atoms with E-state index in [0.29, 0.717) is 0 Å². The number of hydrogen-bond acceptors (Lipinski definition) is 2. The summed E-state index contributed by atoms with van der Waals surface area (Å²) in [5.41, 5.74) is 0. The minimum atomic E-state index is 0.940. The summed E-state index contributed by atoms with van der Waals surface area (Å²) in [4.78, 5) is 5.54. The van der Waals surface area contributed by atoms with Gasteiger partial charge in [0.1, 0.15) is 5.75 Å². The molecule has 12 heavy (non-hydrogen) atoms. The lowest BCUT2D eigenvalue weighted by Crippen LogP contribution is -2.39. The predicted octanol–water partition coefficient (Wildman–Crippen LogP) is 2.29. The average molecular weight is 275 g/mol. The molecule has 1 aliphatic heterocycles. The van der Waals surface area contributed by atoms with Gasteiger partial charge in [-0.2, -0.15) is 0 Å². The molecular weight excluding hydrogens is 265 g/mol. The van der Waals surface area contributed by atoms with Crippen molar-refractivity contribution in [3.05, 3.63) is 27.8 Å². The Bertz CT molecular complexity index is 256. The van der Waals surface area contributed by atoms with E-state index in [0.717, 1.165) is 18.8 Å². The maximum atomic E-state index is 5.54. The molecule has 0 radical (unpaired) electrons. The van der Waals surface area contributed by atoms with E-state index < -0.39 is 0 Å². The third-order valence-corrected chi connectivity index (χ3v) is 2.58. The lowest BCUT2D eigenvalue weighted by molar-refractivity contribution is -0.107. The van der Waals surface area contributed by atoms with Crippen molar-refractivity contribution in [2.75, 3.05) is 13.1 Å². The summed E-state index contributed by atoms with van der Waals surface area (Å²) in [5.74, 6) is 0.940. The molecule has 0 atom stereocenters. The lowest BCUT2D eigenvalue weighted by Gasteiger charge is -2.29. The van der Waals surface area contributed by atoms with Crippen molar-refractivity contribution in [3.63, 3.8) is 0 Å². The fourth-order valence-corrected chi connectivity index (χ4v) is 1.38. The smallest absolute Gasteiger partial charge is 0.147 e. The van der Waals surface area contributed by atoms with Gasteiger partial charge in [0.05, 0.1) is 0 Å². The monoisotopic (exact) mass is 275 g/mol. The molecule has 0 aliphatic carbocycles. The van der Waals surface area contributed by atoms with E-state index in [1.165, 1.54) is 9.99 Å². The molecule has 2 nitrogen and oxygen atoms in total. The Morgan fingerprint density at radius 2 is 1.83 bits per heavy atom.